The highest BCUT2D eigenvalue weighted by molar-refractivity contribution is 7.89. The molecule has 5 nitrogen and oxygen atoms in total. The van der Waals surface area contributed by atoms with Gasteiger partial charge in [0.05, 0.1) is 6.10 Å². The maximum Gasteiger partial charge on any atom is 0.244 e. The number of hydrogen-bond acceptors (Lipinski definition) is 4. The summed E-state index contributed by atoms with van der Waals surface area (Å²) in [4.78, 5) is 3.98. The van der Waals surface area contributed by atoms with Gasteiger partial charge >= 0.3 is 0 Å². The summed E-state index contributed by atoms with van der Waals surface area (Å²) in [5.74, 6) is 0. The summed E-state index contributed by atoms with van der Waals surface area (Å²) < 4.78 is 26.4. The number of nitrogens with zero attached hydrogens (tertiary/aromatic N) is 2. The first-order valence-electron chi connectivity index (χ1n) is 7.10. The van der Waals surface area contributed by atoms with Crippen LogP contribution in [0.25, 0.3) is 0 Å². The number of aromatic nitrogens is 1. The van der Waals surface area contributed by atoms with Crippen molar-refractivity contribution in [3.05, 3.63) is 59.9 Å². The van der Waals surface area contributed by atoms with Gasteiger partial charge < -0.3 is 5.11 Å². The number of benzene rings is 1. The highest BCUT2D eigenvalue weighted by atomic mass is 32.2. The number of aliphatic hydroxyl groups excluding tert-OH is 1. The lowest BCUT2D eigenvalue weighted by atomic mass is 10.1. The van der Waals surface area contributed by atoms with Crippen molar-refractivity contribution in [3.8, 4) is 0 Å². The molecule has 0 saturated heterocycles. The van der Waals surface area contributed by atoms with E-state index in [1.54, 1.807) is 13.0 Å². The largest absolute Gasteiger partial charge is 0.387 e. The van der Waals surface area contributed by atoms with Gasteiger partial charge in [-0.05, 0) is 24.6 Å². The Labute approximate surface area is 131 Å². The van der Waals surface area contributed by atoms with Crippen molar-refractivity contribution in [3.63, 3.8) is 0 Å². The molecule has 1 heterocycles. The number of aryl methyl sites for hydroxylation is 1. The van der Waals surface area contributed by atoms with Gasteiger partial charge in [0.2, 0.25) is 10.0 Å². The van der Waals surface area contributed by atoms with Crippen LogP contribution < -0.4 is 0 Å². The summed E-state index contributed by atoms with van der Waals surface area (Å²) >= 11 is 0. The normalized spacial score (nSPS) is 13.3. The van der Waals surface area contributed by atoms with Gasteiger partial charge in [-0.2, -0.15) is 4.31 Å². The van der Waals surface area contributed by atoms with Gasteiger partial charge in [0.1, 0.15) is 4.90 Å². The van der Waals surface area contributed by atoms with Gasteiger partial charge in [-0.1, -0.05) is 36.8 Å². The summed E-state index contributed by atoms with van der Waals surface area (Å²) in [5, 5.41) is 10.3. The first-order chi connectivity index (χ1) is 10.4. The molecule has 0 amide bonds. The fraction of sp³-hybridized carbons (Fsp3) is 0.312. The van der Waals surface area contributed by atoms with Crippen molar-refractivity contribution in [2.24, 2.45) is 0 Å². The number of pyridine rings is 1. The van der Waals surface area contributed by atoms with Crippen LogP contribution in [0.15, 0.2) is 53.7 Å². The molecule has 0 aliphatic rings. The molecule has 2 aromatic rings. The number of sulfonamides is 1. The van der Waals surface area contributed by atoms with Gasteiger partial charge in [-0.3, -0.25) is 4.98 Å². The average molecular weight is 320 g/mol. The van der Waals surface area contributed by atoms with Crippen molar-refractivity contribution in [2.45, 2.75) is 24.8 Å². The van der Waals surface area contributed by atoms with Gasteiger partial charge in [-0.15, -0.1) is 0 Å². The molecule has 6 heteroatoms. The summed E-state index contributed by atoms with van der Waals surface area (Å²) in [5.41, 5.74) is 1.79. The molecule has 1 N–H and O–H groups in total. The lowest BCUT2D eigenvalue weighted by Gasteiger charge is -2.23. The molecule has 1 aromatic heterocycles. The smallest absolute Gasteiger partial charge is 0.244 e. The quantitative estimate of drug-likeness (QED) is 0.885. The van der Waals surface area contributed by atoms with Crippen molar-refractivity contribution in [1.29, 1.82) is 0 Å². The van der Waals surface area contributed by atoms with Gasteiger partial charge in [0.15, 0.2) is 0 Å². The van der Waals surface area contributed by atoms with E-state index in [0.717, 1.165) is 5.56 Å². The van der Waals surface area contributed by atoms with Crippen molar-refractivity contribution < 1.29 is 13.5 Å². The van der Waals surface area contributed by atoms with Crippen LogP contribution in [0.2, 0.25) is 0 Å². The number of hydrogen-bond donors (Lipinski definition) is 1. The average Bonchev–Trinajstić information content (AvgIpc) is 2.53. The highest BCUT2D eigenvalue weighted by Crippen LogP contribution is 2.20. The van der Waals surface area contributed by atoms with E-state index in [2.05, 4.69) is 4.98 Å². The van der Waals surface area contributed by atoms with E-state index in [-0.39, 0.29) is 18.0 Å². The maximum absolute atomic E-state index is 12.6. The molecule has 0 bridgehead atoms. The summed E-state index contributed by atoms with van der Waals surface area (Å²) in [7, 11) is -3.65. The SMILES string of the molecule is CCN(CC(O)c1ccc(C)cc1)S(=O)(=O)c1cccnc1. The zero-order valence-electron chi connectivity index (χ0n) is 12.7. The molecule has 22 heavy (non-hydrogen) atoms. The minimum absolute atomic E-state index is 0.0107. The lowest BCUT2D eigenvalue weighted by molar-refractivity contribution is 0.149. The molecule has 0 aliphatic heterocycles. The number of aliphatic hydroxyl groups is 1. The zero-order chi connectivity index (χ0) is 16.2. The van der Waals surface area contributed by atoms with E-state index in [1.165, 1.54) is 22.8 Å². The second kappa shape index (κ2) is 7.00. The third-order valence-electron chi connectivity index (χ3n) is 3.46. The molecule has 1 aromatic carbocycles. The fourth-order valence-corrected chi connectivity index (χ4v) is 3.55. The van der Waals surface area contributed by atoms with Gasteiger partial charge in [-0.25, -0.2) is 8.42 Å². The Kier molecular flexibility index (Phi) is 5.28. The Balaban J connectivity index is 2.20. The molecule has 1 atom stereocenters. The molecule has 0 saturated carbocycles. The highest BCUT2D eigenvalue weighted by Gasteiger charge is 2.25. The zero-order valence-corrected chi connectivity index (χ0v) is 13.5. The molecule has 0 aliphatic carbocycles. The molecule has 0 radical (unpaired) electrons. The molecule has 0 spiro atoms. The van der Waals surface area contributed by atoms with Crippen molar-refractivity contribution in [1.82, 2.24) is 9.29 Å². The third-order valence-corrected chi connectivity index (χ3v) is 5.39. The summed E-state index contributed by atoms with van der Waals surface area (Å²) in [6, 6.07) is 10.5. The second-order valence-corrected chi connectivity index (χ2v) is 7.01. The molecular weight excluding hydrogens is 300 g/mol. The fourth-order valence-electron chi connectivity index (χ4n) is 2.13. The van der Waals surface area contributed by atoms with Gasteiger partial charge in [0, 0.05) is 25.5 Å². The standard InChI is InChI=1S/C16H20N2O3S/c1-3-18(22(20,21)15-5-4-10-17-11-15)12-16(19)14-8-6-13(2)7-9-14/h4-11,16,19H,3,12H2,1-2H3. The molecule has 118 valence electrons. The minimum atomic E-state index is -3.65. The molecular formula is C16H20N2O3S. The Hall–Kier alpha value is -1.76. The first kappa shape index (κ1) is 16.6. The van der Waals surface area contributed by atoms with Crippen LogP contribution in [-0.4, -0.2) is 35.9 Å². The van der Waals surface area contributed by atoms with E-state index >= 15 is 0 Å². The third kappa shape index (κ3) is 3.71. The monoisotopic (exact) mass is 320 g/mol. The Morgan fingerprint density at radius 1 is 1.23 bits per heavy atom. The van der Waals surface area contributed by atoms with Crippen molar-refractivity contribution >= 4 is 10.0 Å². The lowest BCUT2D eigenvalue weighted by Crippen LogP contribution is -2.34. The van der Waals surface area contributed by atoms with Crippen molar-refractivity contribution in [2.75, 3.05) is 13.1 Å². The Bertz CT molecular complexity index is 700. The predicted molar refractivity (Wildman–Crippen MR) is 84.8 cm³/mol. The van der Waals surface area contributed by atoms with Crippen LogP contribution in [-0.2, 0) is 10.0 Å². The number of likely N-dealkylation sites (N-methyl/N-ethyl adjacent to an activating group) is 1. The topological polar surface area (TPSA) is 70.5 Å². The van der Waals surface area contributed by atoms with E-state index < -0.39 is 16.1 Å². The predicted octanol–water partition coefficient (Wildman–Crippen LogP) is 2.13. The number of rotatable bonds is 6. The second-order valence-electron chi connectivity index (χ2n) is 5.07. The summed E-state index contributed by atoms with van der Waals surface area (Å²) in [6.45, 7) is 3.99. The van der Waals surface area contributed by atoms with Gasteiger partial charge in [0.25, 0.3) is 0 Å². The van der Waals surface area contributed by atoms with Crippen LogP contribution in [0.5, 0.6) is 0 Å². The van der Waals surface area contributed by atoms with Crippen LogP contribution >= 0.6 is 0 Å². The van der Waals surface area contributed by atoms with E-state index in [4.69, 9.17) is 0 Å². The van der Waals surface area contributed by atoms with Crippen LogP contribution in [0, 0.1) is 6.92 Å². The maximum atomic E-state index is 12.6. The first-order valence-corrected chi connectivity index (χ1v) is 8.54. The van der Waals surface area contributed by atoms with E-state index in [9.17, 15) is 13.5 Å². The van der Waals surface area contributed by atoms with Crippen LogP contribution in [0.3, 0.4) is 0 Å². The Morgan fingerprint density at radius 2 is 1.91 bits per heavy atom. The van der Waals surface area contributed by atoms with E-state index in [0.29, 0.717) is 5.56 Å². The van der Waals surface area contributed by atoms with Crippen LogP contribution in [0.1, 0.15) is 24.2 Å². The molecule has 2 rings (SSSR count). The molecule has 1 unspecified atom stereocenters. The van der Waals surface area contributed by atoms with E-state index in [1.807, 2.05) is 31.2 Å². The minimum Gasteiger partial charge on any atom is -0.387 e. The Morgan fingerprint density at radius 3 is 2.45 bits per heavy atom. The summed E-state index contributed by atoms with van der Waals surface area (Å²) in [6.07, 6.45) is 1.97. The van der Waals surface area contributed by atoms with Crippen LogP contribution in [0.4, 0.5) is 0 Å². The molecule has 0 fully saturated rings.